The second-order valence-electron chi connectivity index (χ2n) is 4.28. The summed E-state index contributed by atoms with van der Waals surface area (Å²) in [4.78, 5) is 10.7. The molecule has 1 rings (SSSR count). The van der Waals surface area contributed by atoms with E-state index in [0.717, 1.165) is 13.1 Å². The van der Waals surface area contributed by atoms with Gasteiger partial charge in [0.25, 0.3) is 0 Å². The summed E-state index contributed by atoms with van der Waals surface area (Å²) < 4.78 is 5.45. The number of benzene rings is 1. The smallest absolute Gasteiger partial charge is 0.335 e. The molecule has 0 atom stereocenters. The second-order valence-corrected chi connectivity index (χ2v) is 4.28. The van der Waals surface area contributed by atoms with Crippen molar-refractivity contribution < 1.29 is 14.6 Å². The number of nitrogens with one attached hydrogen (secondary N) is 1. The first-order valence-corrected chi connectivity index (χ1v) is 5.76. The minimum atomic E-state index is -0.937. The molecule has 0 unspecified atom stereocenters. The standard InChI is InChI=1S/C13H19NO3/c1-10(2)9-14-6-7-17-12-5-3-4-11(8-12)13(15)16/h3-5,8,10,14H,6-7,9H2,1-2H3,(H,15,16). The van der Waals surface area contributed by atoms with Crippen LogP contribution >= 0.6 is 0 Å². The molecule has 0 amide bonds. The van der Waals surface area contributed by atoms with Gasteiger partial charge >= 0.3 is 5.97 Å². The monoisotopic (exact) mass is 237 g/mol. The van der Waals surface area contributed by atoms with Crippen molar-refractivity contribution in [3.8, 4) is 5.75 Å². The fourth-order valence-electron chi connectivity index (χ4n) is 1.35. The zero-order chi connectivity index (χ0) is 12.7. The van der Waals surface area contributed by atoms with Crippen LogP contribution in [0.5, 0.6) is 5.75 Å². The highest BCUT2D eigenvalue weighted by Gasteiger charge is 2.03. The van der Waals surface area contributed by atoms with E-state index in [0.29, 0.717) is 18.3 Å². The lowest BCUT2D eigenvalue weighted by Gasteiger charge is -2.09. The van der Waals surface area contributed by atoms with Gasteiger partial charge in [-0.2, -0.15) is 0 Å². The van der Waals surface area contributed by atoms with Crippen LogP contribution in [0.1, 0.15) is 24.2 Å². The molecule has 0 aromatic heterocycles. The lowest BCUT2D eigenvalue weighted by Crippen LogP contribution is -2.24. The third-order valence-corrected chi connectivity index (χ3v) is 2.18. The maximum Gasteiger partial charge on any atom is 0.335 e. The van der Waals surface area contributed by atoms with E-state index in [1.54, 1.807) is 18.2 Å². The van der Waals surface area contributed by atoms with Crippen molar-refractivity contribution in [2.24, 2.45) is 5.92 Å². The van der Waals surface area contributed by atoms with Crippen LogP contribution in [0.25, 0.3) is 0 Å². The zero-order valence-electron chi connectivity index (χ0n) is 10.3. The first-order valence-electron chi connectivity index (χ1n) is 5.76. The summed E-state index contributed by atoms with van der Waals surface area (Å²) >= 11 is 0. The molecule has 17 heavy (non-hydrogen) atoms. The Morgan fingerprint density at radius 2 is 2.24 bits per heavy atom. The fraction of sp³-hybridized carbons (Fsp3) is 0.462. The average Bonchev–Trinajstić information content (AvgIpc) is 2.28. The van der Waals surface area contributed by atoms with E-state index in [9.17, 15) is 4.79 Å². The van der Waals surface area contributed by atoms with Crippen LogP contribution in [0.3, 0.4) is 0 Å². The molecule has 1 aromatic rings. The first kappa shape index (κ1) is 13.5. The molecule has 0 bridgehead atoms. The molecule has 94 valence electrons. The predicted octanol–water partition coefficient (Wildman–Crippen LogP) is 2.01. The maximum absolute atomic E-state index is 10.7. The Hall–Kier alpha value is -1.55. The molecule has 1 aromatic carbocycles. The van der Waals surface area contributed by atoms with Crippen molar-refractivity contribution in [1.29, 1.82) is 0 Å². The van der Waals surface area contributed by atoms with Gasteiger partial charge in [0.15, 0.2) is 0 Å². The van der Waals surface area contributed by atoms with Gasteiger partial charge in [-0.1, -0.05) is 19.9 Å². The van der Waals surface area contributed by atoms with E-state index in [1.807, 2.05) is 0 Å². The molecule has 0 aliphatic carbocycles. The van der Waals surface area contributed by atoms with Crippen molar-refractivity contribution in [1.82, 2.24) is 5.32 Å². The van der Waals surface area contributed by atoms with Crippen molar-refractivity contribution in [2.45, 2.75) is 13.8 Å². The summed E-state index contributed by atoms with van der Waals surface area (Å²) in [6, 6.07) is 6.52. The van der Waals surface area contributed by atoms with E-state index >= 15 is 0 Å². The van der Waals surface area contributed by atoms with Gasteiger partial charge in [0, 0.05) is 6.54 Å². The van der Waals surface area contributed by atoms with Crippen LogP contribution in [0.15, 0.2) is 24.3 Å². The molecule has 2 N–H and O–H groups in total. The quantitative estimate of drug-likeness (QED) is 0.712. The average molecular weight is 237 g/mol. The second kappa shape index (κ2) is 6.91. The predicted molar refractivity (Wildman–Crippen MR) is 66.6 cm³/mol. The molecule has 0 fully saturated rings. The zero-order valence-corrected chi connectivity index (χ0v) is 10.3. The summed E-state index contributed by atoms with van der Waals surface area (Å²) in [6.07, 6.45) is 0. The largest absolute Gasteiger partial charge is 0.492 e. The van der Waals surface area contributed by atoms with Crippen molar-refractivity contribution in [2.75, 3.05) is 19.7 Å². The number of hydrogen-bond donors (Lipinski definition) is 2. The van der Waals surface area contributed by atoms with E-state index in [1.165, 1.54) is 6.07 Å². The lowest BCUT2D eigenvalue weighted by atomic mass is 10.2. The van der Waals surface area contributed by atoms with Gasteiger partial charge in [-0.05, 0) is 30.7 Å². The normalized spacial score (nSPS) is 10.5. The fourth-order valence-corrected chi connectivity index (χ4v) is 1.35. The van der Waals surface area contributed by atoms with E-state index in [2.05, 4.69) is 19.2 Å². The Balaban J connectivity index is 2.31. The molecule has 0 aliphatic rings. The summed E-state index contributed by atoms with van der Waals surface area (Å²) in [5.74, 6) is 0.273. The van der Waals surface area contributed by atoms with Crippen molar-refractivity contribution in [3.05, 3.63) is 29.8 Å². The summed E-state index contributed by atoms with van der Waals surface area (Å²) in [5, 5.41) is 12.1. The van der Waals surface area contributed by atoms with Crippen LogP contribution in [0, 0.1) is 5.92 Å². The molecular weight excluding hydrogens is 218 g/mol. The highest BCUT2D eigenvalue weighted by molar-refractivity contribution is 5.87. The third kappa shape index (κ3) is 5.36. The molecular formula is C13H19NO3. The molecule has 0 radical (unpaired) electrons. The van der Waals surface area contributed by atoms with Crippen molar-refractivity contribution >= 4 is 5.97 Å². The first-order chi connectivity index (χ1) is 8.09. The van der Waals surface area contributed by atoms with Gasteiger partial charge in [-0.15, -0.1) is 0 Å². The third-order valence-electron chi connectivity index (χ3n) is 2.18. The number of ether oxygens (including phenoxy) is 1. The molecule has 4 heteroatoms. The molecule has 0 saturated carbocycles. The minimum Gasteiger partial charge on any atom is -0.492 e. The van der Waals surface area contributed by atoms with Gasteiger partial charge in [0.1, 0.15) is 12.4 Å². The SMILES string of the molecule is CC(C)CNCCOc1cccc(C(=O)O)c1. The Morgan fingerprint density at radius 3 is 2.88 bits per heavy atom. The van der Waals surface area contributed by atoms with Gasteiger partial charge in [0.2, 0.25) is 0 Å². The lowest BCUT2D eigenvalue weighted by molar-refractivity contribution is 0.0696. The van der Waals surface area contributed by atoms with E-state index in [4.69, 9.17) is 9.84 Å². The molecule has 0 spiro atoms. The van der Waals surface area contributed by atoms with Crippen LogP contribution in [0.2, 0.25) is 0 Å². The van der Waals surface area contributed by atoms with Crippen LogP contribution in [0.4, 0.5) is 0 Å². The number of hydrogen-bond acceptors (Lipinski definition) is 3. The number of rotatable bonds is 7. The number of carboxylic acids is 1. The van der Waals surface area contributed by atoms with Gasteiger partial charge in [0.05, 0.1) is 5.56 Å². The maximum atomic E-state index is 10.7. The van der Waals surface area contributed by atoms with E-state index < -0.39 is 5.97 Å². The van der Waals surface area contributed by atoms with Gasteiger partial charge in [-0.25, -0.2) is 4.79 Å². The Labute approximate surface area is 102 Å². The highest BCUT2D eigenvalue weighted by Crippen LogP contribution is 2.12. The molecule has 0 saturated heterocycles. The van der Waals surface area contributed by atoms with Gasteiger partial charge in [-0.3, -0.25) is 0 Å². The van der Waals surface area contributed by atoms with Crippen LogP contribution in [-0.2, 0) is 0 Å². The van der Waals surface area contributed by atoms with Gasteiger partial charge < -0.3 is 15.2 Å². The number of carbonyl (C=O) groups is 1. The molecule has 0 heterocycles. The minimum absolute atomic E-state index is 0.248. The number of carboxylic acid groups (broad SMARTS) is 1. The Kier molecular flexibility index (Phi) is 5.49. The highest BCUT2D eigenvalue weighted by atomic mass is 16.5. The summed E-state index contributed by atoms with van der Waals surface area (Å²) in [5.41, 5.74) is 0.248. The molecule has 4 nitrogen and oxygen atoms in total. The Bertz CT molecular complexity index is 363. The summed E-state index contributed by atoms with van der Waals surface area (Å²) in [7, 11) is 0. The summed E-state index contributed by atoms with van der Waals surface area (Å²) in [6.45, 7) is 6.54. The molecule has 0 aliphatic heterocycles. The topological polar surface area (TPSA) is 58.6 Å². The van der Waals surface area contributed by atoms with Crippen LogP contribution in [-0.4, -0.2) is 30.8 Å². The Morgan fingerprint density at radius 1 is 1.47 bits per heavy atom. The van der Waals surface area contributed by atoms with E-state index in [-0.39, 0.29) is 5.56 Å². The number of aromatic carboxylic acids is 1. The van der Waals surface area contributed by atoms with Crippen molar-refractivity contribution in [3.63, 3.8) is 0 Å². The van der Waals surface area contributed by atoms with Crippen LogP contribution < -0.4 is 10.1 Å².